The first-order valence-corrected chi connectivity index (χ1v) is 9.18. The van der Waals surface area contributed by atoms with Crippen molar-refractivity contribution in [2.45, 2.75) is 90.1 Å². The van der Waals surface area contributed by atoms with Gasteiger partial charge in [0.2, 0.25) is 11.8 Å². The van der Waals surface area contributed by atoms with Gasteiger partial charge in [-0.15, -0.1) is 0 Å². The lowest BCUT2D eigenvalue weighted by atomic mass is 10.0. The summed E-state index contributed by atoms with van der Waals surface area (Å²) in [5.41, 5.74) is 0. The van der Waals surface area contributed by atoms with Crippen LogP contribution in [0.5, 0.6) is 0 Å². The molecule has 2 unspecified atom stereocenters. The van der Waals surface area contributed by atoms with E-state index in [2.05, 4.69) is 13.8 Å². The summed E-state index contributed by atoms with van der Waals surface area (Å²) in [6.45, 7) is 6.14. The molecule has 0 saturated carbocycles. The molecule has 0 bridgehead atoms. The van der Waals surface area contributed by atoms with E-state index in [1.54, 1.807) is 0 Å². The number of unbranched alkanes of at least 4 members (excludes halogenated alkanes) is 1. The maximum absolute atomic E-state index is 12.2. The summed E-state index contributed by atoms with van der Waals surface area (Å²) in [6, 6.07) is 0.800. The molecule has 4 heteroatoms. The summed E-state index contributed by atoms with van der Waals surface area (Å²) in [7, 11) is 0. The number of rotatable bonds is 5. The van der Waals surface area contributed by atoms with Crippen molar-refractivity contribution in [1.29, 1.82) is 0 Å². The van der Waals surface area contributed by atoms with E-state index < -0.39 is 0 Å². The Hall–Kier alpha value is -1.06. The number of hydrogen-bond donors (Lipinski definition) is 0. The van der Waals surface area contributed by atoms with Crippen molar-refractivity contribution in [2.24, 2.45) is 0 Å². The van der Waals surface area contributed by atoms with E-state index >= 15 is 0 Å². The molecule has 4 nitrogen and oxygen atoms in total. The number of piperidine rings is 2. The first-order valence-electron chi connectivity index (χ1n) is 9.18. The summed E-state index contributed by atoms with van der Waals surface area (Å²) < 4.78 is 0. The minimum absolute atomic E-state index is 0.283. The van der Waals surface area contributed by atoms with E-state index in [4.69, 9.17) is 0 Å². The van der Waals surface area contributed by atoms with Crippen molar-refractivity contribution in [3.05, 3.63) is 0 Å². The number of amides is 2. The number of carbonyl (C=O) groups excluding carboxylic acids is 2. The van der Waals surface area contributed by atoms with Gasteiger partial charge < -0.3 is 9.80 Å². The molecular weight excluding hydrogens is 276 g/mol. The molecule has 2 amide bonds. The second kappa shape index (κ2) is 8.54. The van der Waals surface area contributed by atoms with Gasteiger partial charge in [-0.05, 0) is 65.2 Å². The second-order valence-electron chi connectivity index (χ2n) is 7.07. The maximum Gasteiger partial charge on any atom is 0.222 e. The second-order valence-corrected chi connectivity index (χ2v) is 7.07. The van der Waals surface area contributed by atoms with Crippen LogP contribution in [0.25, 0.3) is 0 Å². The standard InChI is InChI=1S/C18H32N2O2/c1-15-9-5-7-13-19(15)17(21)11-3-4-12-18(22)20-14-8-6-10-16(20)2/h15-16H,3-14H2,1-2H3. The molecule has 2 atom stereocenters. The summed E-state index contributed by atoms with van der Waals surface area (Å²) in [5, 5.41) is 0. The predicted octanol–water partition coefficient (Wildman–Crippen LogP) is 3.35. The Morgan fingerprint density at radius 2 is 1.18 bits per heavy atom. The molecule has 22 heavy (non-hydrogen) atoms. The first kappa shape index (κ1) is 17.3. The lowest BCUT2D eigenvalue weighted by molar-refractivity contribution is -0.136. The lowest BCUT2D eigenvalue weighted by Gasteiger charge is -2.34. The number of carbonyl (C=O) groups is 2. The number of likely N-dealkylation sites (tertiary alicyclic amines) is 2. The third-order valence-electron chi connectivity index (χ3n) is 5.28. The third-order valence-corrected chi connectivity index (χ3v) is 5.28. The average Bonchev–Trinajstić information content (AvgIpc) is 2.52. The molecule has 0 aromatic rings. The maximum atomic E-state index is 12.2. The van der Waals surface area contributed by atoms with Crippen LogP contribution < -0.4 is 0 Å². The Kier molecular flexibility index (Phi) is 6.71. The van der Waals surface area contributed by atoms with Crippen LogP contribution in [-0.4, -0.2) is 46.8 Å². The van der Waals surface area contributed by atoms with Crippen LogP contribution in [0.3, 0.4) is 0 Å². The van der Waals surface area contributed by atoms with Crippen molar-refractivity contribution in [2.75, 3.05) is 13.1 Å². The normalized spacial score (nSPS) is 26.1. The summed E-state index contributed by atoms with van der Waals surface area (Å²) in [5.74, 6) is 0.567. The molecule has 126 valence electrons. The van der Waals surface area contributed by atoms with Crippen LogP contribution in [0.4, 0.5) is 0 Å². The summed E-state index contributed by atoms with van der Waals surface area (Å²) >= 11 is 0. The van der Waals surface area contributed by atoms with Gasteiger partial charge >= 0.3 is 0 Å². The van der Waals surface area contributed by atoms with Crippen LogP contribution in [-0.2, 0) is 9.59 Å². The Labute approximate surface area is 135 Å². The minimum atomic E-state index is 0.283. The zero-order valence-electron chi connectivity index (χ0n) is 14.4. The summed E-state index contributed by atoms with van der Waals surface area (Å²) in [4.78, 5) is 28.6. The van der Waals surface area contributed by atoms with Crippen LogP contribution >= 0.6 is 0 Å². The Morgan fingerprint density at radius 3 is 1.55 bits per heavy atom. The molecule has 0 spiro atoms. The van der Waals surface area contributed by atoms with Gasteiger partial charge in [-0.2, -0.15) is 0 Å². The van der Waals surface area contributed by atoms with Gasteiger partial charge in [0.25, 0.3) is 0 Å². The monoisotopic (exact) mass is 308 g/mol. The van der Waals surface area contributed by atoms with Gasteiger partial charge in [-0.3, -0.25) is 9.59 Å². The van der Waals surface area contributed by atoms with E-state index in [0.717, 1.165) is 51.6 Å². The lowest BCUT2D eigenvalue weighted by Crippen LogP contribution is -2.42. The predicted molar refractivity (Wildman–Crippen MR) is 88.5 cm³/mol. The van der Waals surface area contributed by atoms with Crippen LogP contribution in [0, 0.1) is 0 Å². The molecule has 2 fully saturated rings. The molecule has 2 heterocycles. The number of nitrogens with zero attached hydrogens (tertiary/aromatic N) is 2. The van der Waals surface area contributed by atoms with Crippen LogP contribution in [0.2, 0.25) is 0 Å². The van der Waals surface area contributed by atoms with Crippen molar-refractivity contribution < 1.29 is 9.59 Å². The van der Waals surface area contributed by atoms with E-state index in [0.29, 0.717) is 24.9 Å². The van der Waals surface area contributed by atoms with Gasteiger partial charge in [-0.1, -0.05) is 0 Å². The van der Waals surface area contributed by atoms with Crippen LogP contribution in [0.15, 0.2) is 0 Å². The Bertz CT molecular complexity index is 347. The molecule has 0 aromatic heterocycles. The highest BCUT2D eigenvalue weighted by Crippen LogP contribution is 2.20. The first-order chi connectivity index (χ1) is 10.6. The zero-order chi connectivity index (χ0) is 15.9. The highest BCUT2D eigenvalue weighted by molar-refractivity contribution is 5.77. The highest BCUT2D eigenvalue weighted by Gasteiger charge is 2.24. The fraction of sp³-hybridized carbons (Fsp3) is 0.889. The van der Waals surface area contributed by atoms with Crippen LogP contribution in [0.1, 0.15) is 78.1 Å². The Morgan fingerprint density at radius 1 is 0.773 bits per heavy atom. The Balaban J connectivity index is 1.64. The van der Waals surface area contributed by atoms with Gasteiger partial charge in [-0.25, -0.2) is 0 Å². The summed E-state index contributed by atoms with van der Waals surface area (Å²) in [6.07, 6.45) is 9.93. The van der Waals surface area contributed by atoms with Gasteiger partial charge in [0, 0.05) is 38.0 Å². The van der Waals surface area contributed by atoms with E-state index in [-0.39, 0.29) is 11.8 Å². The molecule has 0 N–H and O–H groups in total. The smallest absolute Gasteiger partial charge is 0.222 e. The molecule has 2 rings (SSSR count). The zero-order valence-corrected chi connectivity index (χ0v) is 14.4. The quantitative estimate of drug-likeness (QED) is 0.731. The molecule has 0 radical (unpaired) electrons. The average molecular weight is 308 g/mol. The minimum Gasteiger partial charge on any atom is -0.340 e. The van der Waals surface area contributed by atoms with E-state index in [9.17, 15) is 9.59 Å². The van der Waals surface area contributed by atoms with E-state index in [1.807, 2.05) is 9.80 Å². The molecular formula is C18H32N2O2. The topological polar surface area (TPSA) is 40.6 Å². The van der Waals surface area contributed by atoms with Gasteiger partial charge in [0.05, 0.1) is 0 Å². The largest absolute Gasteiger partial charge is 0.340 e. The van der Waals surface area contributed by atoms with Gasteiger partial charge in [0.1, 0.15) is 0 Å². The third kappa shape index (κ3) is 4.72. The molecule has 2 aliphatic rings. The fourth-order valence-corrected chi connectivity index (χ4v) is 3.78. The molecule has 2 saturated heterocycles. The number of hydrogen-bond acceptors (Lipinski definition) is 2. The fourth-order valence-electron chi connectivity index (χ4n) is 3.78. The SMILES string of the molecule is CC1CCCCN1C(=O)CCCCC(=O)N1CCCCC1C. The molecule has 0 aromatic carbocycles. The van der Waals surface area contributed by atoms with Gasteiger partial charge in [0.15, 0.2) is 0 Å². The van der Waals surface area contributed by atoms with Crippen molar-refractivity contribution in [3.8, 4) is 0 Å². The molecule has 0 aliphatic carbocycles. The highest BCUT2D eigenvalue weighted by atomic mass is 16.2. The van der Waals surface area contributed by atoms with E-state index in [1.165, 1.54) is 12.8 Å². The molecule has 2 aliphatic heterocycles. The van der Waals surface area contributed by atoms with Crippen molar-refractivity contribution in [1.82, 2.24) is 9.80 Å². The van der Waals surface area contributed by atoms with Crippen molar-refractivity contribution in [3.63, 3.8) is 0 Å². The van der Waals surface area contributed by atoms with Crippen molar-refractivity contribution >= 4 is 11.8 Å².